The number of amides is 2. The van der Waals surface area contributed by atoms with E-state index in [2.05, 4.69) is 10.6 Å². The topological polar surface area (TPSA) is 61.4 Å². The van der Waals surface area contributed by atoms with Crippen LogP contribution < -0.4 is 15.5 Å². The van der Waals surface area contributed by atoms with Crippen molar-refractivity contribution in [2.45, 2.75) is 20.8 Å². The maximum absolute atomic E-state index is 12.2. The predicted molar refractivity (Wildman–Crippen MR) is 102 cm³/mol. The molecule has 0 radical (unpaired) electrons. The molecule has 0 aliphatic carbocycles. The lowest BCUT2D eigenvalue weighted by Crippen LogP contribution is -2.33. The summed E-state index contributed by atoms with van der Waals surface area (Å²) in [7, 11) is 3.83. The molecule has 0 spiro atoms. The first-order chi connectivity index (χ1) is 11.8. The van der Waals surface area contributed by atoms with Crippen LogP contribution >= 0.6 is 0 Å². The number of anilines is 2. The zero-order chi connectivity index (χ0) is 18.6. The summed E-state index contributed by atoms with van der Waals surface area (Å²) < 4.78 is 0. The molecule has 2 aromatic rings. The zero-order valence-corrected chi connectivity index (χ0v) is 15.4. The highest BCUT2D eigenvalue weighted by Gasteiger charge is 2.11. The van der Waals surface area contributed by atoms with Gasteiger partial charge in [0.05, 0.1) is 6.54 Å². The van der Waals surface area contributed by atoms with E-state index in [1.165, 1.54) is 0 Å². The van der Waals surface area contributed by atoms with Crippen LogP contribution in [0.1, 0.15) is 27.0 Å². The van der Waals surface area contributed by atoms with Gasteiger partial charge in [0.1, 0.15) is 0 Å². The molecule has 0 bridgehead atoms. The van der Waals surface area contributed by atoms with Crippen LogP contribution in [0.2, 0.25) is 0 Å². The number of carbonyl (C=O) groups excluding carboxylic acids is 2. The van der Waals surface area contributed by atoms with Gasteiger partial charge in [-0.05, 0) is 50.1 Å². The van der Waals surface area contributed by atoms with Crippen molar-refractivity contribution in [3.8, 4) is 0 Å². The molecule has 2 aromatic carbocycles. The van der Waals surface area contributed by atoms with Crippen LogP contribution in [-0.2, 0) is 4.79 Å². The molecule has 0 heterocycles. The minimum Gasteiger partial charge on any atom is -0.378 e. The first-order valence-corrected chi connectivity index (χ1v) is 8.21. The van der Waals surface area contributed by atoms with Crippen molar-refractivity contribution in [3.05, 3.63) is 58.7 Å². The molecule has 5 heteroatoms. The summed E-state index contributed by atoms with van der Waals surface area (Å²) in [5.74, 6) is -0.511. The second-order valence-electron chi connectivity index (χ2n) is 6.45. The molecule has 132 valence electrons. The van der Waals surface area contributed by atoms with Gasteiger partial charge < -0.3 is 15.5 Å². The lowest BCUT2D eigenvalue weighted by Gasteiger charge is -2.14. The molecular weight excluding hydrogens is 314 g/mol. The Morgan fingerprint density at radius 1 is 1.00 bits per heavy atom. The molecule has 0 aliphatic rings. The molecule has 2 rings (SSSR count). The Bertz CT molecular complexity index is 774. The summed E-state index contributed by atoms with van der Waals surface area (Å²) >= 11 is 0. The molecule has 0 unspecified atom stereocenters. The minimum absolute atomic E-state index is 0.0716. The third-order valence-corrected chi connectivity index (χ3v) is 3.98. The predicted octanol–water partition coefficient (Wildman–Crippen LogP) is 3.05. The van der Waals surface area contributed by atoms with E-state index < -0.39 is 0 Å². The number of rotatable bonds is 5. The summed E-state index contributed by atoms with van der Waals surface area (Å²) in [5, 5.41) is 5.55. The van der Waals surface area contributed by atoms with Gasteiger partial charge in [0.2, 0.25) is 5.91 Å². The van der Waals surface area contributed by atoms with Crippen LogP contribution in [0.4, 0.5) is 11.4 Å². The molecule has 0 aliphatic heterocycles. The quantitative estimate of drug-likeness (QED) is 0.880. The minimum atomic E-state index is -0.267. The average Bonchev–Trinajstić information content (AvgIpc) is 2.56. The molecular formula is C20H25N3O2. The number of hydrogen-bond acceptors (Lipinski definition) is 3. The number of nitrogens with one attached hydrogen (secondary N) is 2. The normalized spacial score (nSPS) is 10.3. The van der Waals surface area contributed by atoms with Crippen molar-refractivity contribution in [2.75, 3.05) is 30.9 Å². The van der Waals surface area contributed by atoms with Gasteiger partial charge in [-0.3, -0.25) is 9.59 Å². The van der Waals surface area contributed by atoms with Crippen molar-refractivity contribution in [1.82, 2.24) is 5.32 Å². The van der Waals surface area contributed by atoms with Crippen LogP contribution in [0.15, 0.2) is 36.4 Å². The molecule has 0 aromatic heterocycles. The van der Waals surface area contributed by atoms with E-state index in [9.17, 15) is 9.59 Å². The summed E-state index contributed by atoms with van der Waals surface area (Å²) in [5.41, 5.74) is 5.44. The van der Waals surface area contributed by atoms with Gasteiger partial charge in [-0.25, -0.2) is 0 Å². The second-order valence-corrected chi connectivity index (χ2v) is 6.45. The van der Waals surface area contributed by atoms with E-state index in [0.29, 0.717) is 5.56 Å². The summed E-state index contributed by atoms with van der Waals surface area (Å²) in [6.45, 7) is 5.87. The summed E-state index contributed by atoms with van der Waals surface area (Å²) in [6, 6.07) is 11.3. The third-order valence-electron chi connectivity index (χ3n) is 3.98. The van der Waals surface area contributed by atoms with Crippen LogP contribution in [0.5, 0.6) is 0 Å². The largest absolute Gasteiger partial charge is 0.378 e. The Balaban J connectivity index is 1.98. The fourth-order valence-corrected chi connectivity index (χ4v) is 2.75. The van der Waals surface area contributed by atoms with Gasteiger partial charge >= 0.3 is 0 Å². The maximum atomic E-state index is 12.2. The van der Waals surface area contributed by atoms with E-state index in [4.69, 9.17) is 0 Å². The Labute approximate surface area is 149 Å². The van der Waals surface area contributed by atoms with Gasteiger partial charge in [0.25, 0.3) is 5.91 Å². The maximum Gasteiger partial charge on any atom is 0.251 e. The van der Waals surface area contributed by atoms with E-state index >= 15 is 0 Å². The molecule has 5 nitrogen and oxygen atoms in total. The summed E-state index contributed by atoms with van der Waals surface area (Å²) in [6.07, 6.45) is 0. The van der Waals surface area contributed by atoms with Gasteiger partial charge in [-0.15, -0.1) is 0 Å². The first kappa shape index (κ1) is 18.5. The summed E-state index contributed by atoms with van der Waals surface area (Å²) in [4.78, 5) is 26.3. The molecule has 0 fully saturated rings. The van der Waals surface area contributed by atoms with E-state index in [1.54, 1.807) is 12.1 Å². The van der Waals surface area contributed by atoms with Crippen molar-refractivity contribution in [2.24, 2.45) is 0 Å². The Morgan fingerprint density at radius 3 is 2.24 bits per heavy atom. The average molecular weight is 339 g/mol. The number of aryl methyl sites for hydroxylation is 3. The Morgan fingerprint density at radius 2 is 1.64 bits per heavy atom. The molecule has 0 saturated carbocycles. The van der Waals surface area contributed by atoms with E-state index in [0.717, 1.165) is 28.1 Å². The van der Waals surface area contributed by atoms with Crippen molar-refractivity contribution in [3.63, 3.8) is 0 Å². The number of hydrogen-bond donors (Lipinski definition) is 2. The molecule has 0 atom stereocenters. The molecule has 2 amide bonds. The van der Waals surface area contributed by atoms with E-state index in [-0.39, 0.29) is 18.4 Å². The lowest BCUT2D eigenvalue weighted by molar-refractivity contribution is -0.115. The van der Waals surface area contributed by atoms with Crippen LogP contribution in [0.25, 0.3) is 0 Å². The Kier molecular flexibility index (Phi) is 5.80. The number of carbonyl (C=O) groups is 2. The van der Waals surface area contributed by atoms with Gasteiger partial charge in [-0.2, -0.15) is 0 Å². The monoisotopic (exact) mass is 339 g/mol. The number of nitrogens with zero attached hydrogens (tertiary/aromatic N) is 1. The standard InChI is InChI=1S/C20H25N3O2/c1-13-9-14(2)19(15(3)10-13)22-18(24)12-21-20(25)16-7-6-8-17(11-16)23(4)5/h6-11H,12H2,1-5H3,(H,21,25)(H,22,24). The first-order valence-electron chi connectivity index (χ1n) is 8.21. The Hall–Kier alpha value is -2.82. The smallest absolute Gasteiger partial charge is 0.251 e. The van der Waals surface area contributed by atoms with Gasteiger partial charge in [-0.1, -0.05) is 23.8 Å². The van der Waals surface area contributed by atoms with Crippen molar-refractivity contribution >= 4 is 23.2 Å². The van der Waals surface area contributed by atoms with Crippen molar-refractivity contribution < 1.29 is 9.59 Å². The van der Waals surface area contributed by atoms with Gasteiger partial charge in [0, 0.05) is 31.0 Å². The molecule has 25 heavy (non-hydrogen) atoms. The highest BCUT2D eigenvalue weighted by molar-refractivity contribution is 6.00. The van der Waals surface area contributed by atoms with Crippen molar-refractivity contribution in [1.29, 1.82) is 0 Å². The second kappa shape index (κ2) is 7.83. The van der Waals surface area contributed by atoms with Crippen LogP contribution in [0, 0.1) is 20.8 Å². The third kappa shape index (κ3) is 4.83. The highest BCUT2D eigenvalue weighted by Crippen LogP contribution is 2.21. The fourth-order valence-electron chi connectivity index (χ4n) is 2.75. The number of benzene rings is 2. The lowest BCUT2D eigenvalue weighted by atomic mass is 10.1. The van der Waals surface area contributed by atoms with Crippen LogP contribution in [-0.4, -0.2) is 32.5 Å². The zero-order valence-electron chi connectivity index (χ0n) is 15.4. The van der Waals surface area contributed by atoms with Crippen LogP contribution in [0.3, 0.4) is 0 Å². The van der Waals surface area contributed by atoms with Gasteiger partial charge in [0.15, 0.2) is 0 Å². The fraction of sp³-hybridized carbons (Fsp3) is 0.300. The van der Waals surface area contributed by atoms with E-state index in [1.807, 2.05) is 64.0 Å². The SMILES string of the molecule is Cc1cc(C)c(NC(=O)CNC(=O)c2cccc(N(C)C)c2)c(C)c1. The molecule has 0 saturated heterocycles. The highest BCUT2D eigenvalue weighted by atomic mass is 16.2. The molecule has 2 N–H and O–H groups in total.